The molecule has 0 radical (unpaired) electrons. The van der Waals surface area contributed by atoms with E-state index in [0.717, 1.165) is 122 Å². The van der Waals surface area contributed by atoms with Crippen LogP contribution in [0.5, 0.6) is 0 Å². The molecule has 1 rings (SSSR count). The van der Waals surface area contributed by atoms with Crippen LogP contribution in [-0.4, -0.2) is 89.2 Å². The number of carbonyl (C=O) groups excluding carboxylic acids is 3. The van der Waals surface area contributed by atoms with Crippen LogP contribution < -0.4 is 0 Å². The molecule has 0 amide bonds. The summed E-state index contributed by atoms with van der Waals surface area (Å²) < 4.78 is 28.4. The molecule has 12 heteroatoms. The smallest absolute Gasteiger partial charge is 0.335 e. The molecule has 77 heavy (non-hydrogen) atoms. The number of carboxylic acids is 1. The Morgan fingerprint density at radius 1 is 0.442 bits per heavy atom. The highest BCUT2D eigenvalue weighted by molar-refractivity contribution is 5.74. The van der Waals surface area contributed by atoms with Gasteiger partial charge in [-0.2, -0.15) is 0 Å². The molecule has 0 aromatic rings. The Kier molecular flexibility index (Phi) is 48.4. The van der Waals surface area contributed by atoms with Crippen molar-refractivity contribution in [2.24, 2.45) is 0 Å². The van der Waals surface area contributed by atoms with Gasteiger partial charge in [-0.3, -0.25) is 14.4 Å². The fraction of sp³-hybridized carbons (Fsp3) is 0.723. The van der Waals surface area contributed by atoms with Crippen molar-refractivity contribution < 1.29 is 58.2 Å². The van der Waals surface area contributed by atoms with Crippen LogP contribution in [0.2, 0.25) is 0 Å². The van der Waals surface area contributed by atoms with Crippen molar-refractivity contribution in [3.63, 3.8) is 0 Å². The van der Waals surface area contributed by atoms with E-state index in [2.05, 4.69) is 106 Å². The highest BCUT2D eigenvalue weighted by Gasteiger charge is 2.50. The van der Waals surface area contributed by atoms with Crippen molar-refractivity contribution in [3.8, 4) is 0 Å². The van der Waals surface area contributed by atoms with E-state index < -0.39 is 67.3 Å². The zero-order valence-corrected chi connectivity index (χ0v) is 48.4. The Bertz CT molecular complexity index is 1660. The number of unbranched alkanes of at least 4 members (excludes halogenated alkanes) is 23. The molecule has 12 nitrogen and oxygen atoms in total. The van der Waals surface area contributed by atoms with Crippen molar-refractivity contribution in [2.75, 3.05) is 13.2 Å². The maximum atomic E-state index is 13.1. The number of hydrogen-bond acceptors (Lipinski definition) is 11. The van der Waals surface area contributed by atoms with Gasteiger partial charge in [0, 0.05) is 19.3 Å². The minimum Gasteiger partial charge on any atom is -0.479 e. The molecule has 440 valence electrons. The number of carboxylic acid groups (broad SMARTS) is 1. The third-order valence-electron chi connectivity index (χ3n) is 13.5. The van der Waals surface area contributed by atoms with Gasteiger partial charge in [0.1, 0.15) is 18.8 Å². The molecular weight excluding hydrogens is 973 g/mol. The van der Waals surface area contributed by atoms with Crippen LogP contribution in [0.3, 0.4) is 0 Å². The maximum absolute atomic E-state index is 13.1. The number of aliphatic hydroxyl groups excluding tert-OH is 2. The molecule has 0 saturated carbocycles. The van der Waals surface area contributed by atoms with E-state index in [4.69, 9.17) is 23.7 Å². The number of rotatable bonds is 51. The van der Waals surface area contributed by atoms with E-state index >= 15 is 0 Å². The average molecular weight is 1080 g/mol. The van der Waals surface area contributed by atoms with Gasteiger partial charge in [-0.1, -0.05) is 221 Å². The number of aliphatic hydroxyl groups is 2. The van der Waals surface area contributed by atoms with Gasteiger partial charge in [0.25, 0.3) is 0 Å². The van der Waals surface area contributed by atoms with Gasteiger partial charge in [-0.15, -0.1) is 0 Å². The van der Waals surface area contributed by atoms with Crippen molar-refractivity contribution in [3.05, 3.63) is 85.1 Å². The monoisotopic (exact) mass is 1080 g/mol. The second-order valence-corrected chi connectivity index (χ2v) is 20.6. The third kappa shape index (κ3) is 42.5. The first-order valence-electron chi connectivity index (χ1n) is 30.6. The van der Waals surface area contributed by atoms with Gasteiger partial charge in [0.2, 0.25) is 0 Å². The Balaban J connectivity index is 2.67. The molecule has 0 bridgehead atoms. The lowest BCUT2D eigenvalue weighted by molar-refractivity contribution is -0.301. The molecular formula is C65H108O12. The number of aliphatic carboxylic acids is 1. The van der Waals surface area contributed by atoms with Gasteiger partial charge in [-0.05, 0) is 96.3 Å². The maximum Gasteiger partial charge on any atom is 0.335 e. The molecule has 0 aliphatic carbocycles. The first kappa shape index (κ1) is 70.9. The predicted octanol–water partition coefficient (Wildman–Crippen LogP) is 15.9. The lowest BCUT2D eigenvalue weighted by Crippen LogP contribution is -2.61. The standard InChI is InChI=1S/C65H108O12/c1-4-7-10-13-16-19-22-24-26-28-29-31-33-35-38-41-44-47-50-53-59(68)76-63-61(70)60(69)62(64(71)72)77-65(63)74-55-56(75-58(67)52-49-46-43-40-36-21-18-15-12-9-6-3)54-73-57(66)51-48-45-42-39-37-34-32-30-27-25-23-20-17-14-11-8-5-2/h8,11,16-17,19-20,24-27,29,31-32,34,56,60-63,65,69-70H,4-7,9-10,12-15,18,21-23,28,30,33,35-55H2,1-3H3,(H,71,72)/b11-8-,19-16-,20-17-,26-24-,27-25-,31-29-,34-32-. The number of ether oxygens (including phenoxy) is 5. The van der Waals surface area contributed by atoms with Crippen LogP contribution in [0.4, 0.5) is 0 Å². The van der Waals surface area contributed by atoms with E-state index in [1.165, 1.54) is 70.6 Å². The summed E-state index contributed by atoms with van der Waals surface area (Å²) in [4.78, 5) is 51.1. The quantitative estimate of drug-likeness (QED) is 0.0228. The van der Waals surface area contributed by atoms with Gasteiger partial charge in [0.05, 0.1) is 6.61 Å². The van der Waals surface area contributed by atoms with Gasteiger partial charge >= 0.3 is 23.9 Å². The van der Waals surface area contributed by atoms with E-state index in [-0.39, 0.29) is 25.9 Å². The number of allylic oxidation sites excluding steroid dienone is 14. The summed E-state index contributed by atoms with van der Waals surface area (Å²) in [5.41, 5.74) is 0. The average Bonchev–Trinajstić information content (AvgIpc) is 3.41. The van der Waals surface area contributed by atoms with Gasteiger partial charge in [-0.25, -0.2) is 4.79 Å². The number of hydrogen-bond donors (Lipinski definition) is 3. The fourth-order valence-corrected chi connectivity index (χ4v) is 8.78. The Morgan fingerprint density at radius 2 is 0.818 bits per heavy atom. The molecule has 6 atom stereocenters. The van der Waals surface area contributed by atoms with E-state index in [1.807, 2.05) is 0 Å². The van der Waals surface area contributed by atoms with Gasteiger partial charge in [0.15, 0.2) is 24.6 Å². The van der Waals surface area contributed by atoms with Crippen LogP contribution in [0.15, 0.2) is 85.1 Å². The highest BCUT2D eigenvalue weighted by atomic mass is 16.7. The zero-order valence-electron chi connectivity index (χ0n) is 48.4. The largest absolute Gasteiger partial charge is 0.479 e. The molecule has 1 saturated heterocycles. The topological polar surface area (TPSA) is 175 Å². The molecule has 1 aliphatic heterocycles. The Hall–Kier alpha value is -4.10. The van der Waals surface area contributed by atoms with Crippen LogP contribution in [0.1, 0.15) is 252 Å². The van der Waals surface area contributed by atoms with Gasteiger partial charge < -0.3 is 39.0 Å². The summed E-state index contributed by atoms with van der Waals surface area (Å²) in [6.45, 7) is 5.82. The molecule has 1 aliphatic rings. The molecule has 1 heterocycles. The second-order valence-electron chi connectivity index (χ2n) is 20.6. The predicted molar refractivity (Wildman–Crippen MR) is 312 cm³/mol. The highest BCUT2D eigenvalue weighted by Crippen LogP contribution is 2.26. The summed E-state index contributed by atoms with van der Waals surface area (Å²) >= 11 is 0. The van der Waals surface area contributed by atoms with Crippen molar-refractivity contribution in [1.29, 1.82) is 0 Å². The summed E-state index contributed by atoms with van der Waals surface area (Å²) in [5.74, 6) is -3.16. The van der Waals surface area contributed by atoms with Crippen molar-refractivity contribution >= 4 is 23.9 Å². The molecule has 0 spiro atoms. The van der Waals surface area contributed by atoms with Crippen LogP contribution in [0.25, 0.3) is 0 Å². The molecule has 3 N–H and O–H groups in total. The Morgan fingerprint density at radius 3 is 1.27 bits per heavy atom. The lowest BCUT2D eigenvalue weighted by atomic mass is 9.98. The summed E-state index contributed by atoms with van der Waals surface area (Å²) in [5, 5.41) is 31.5. The number of esters is 3. The molecule has 1 fully saturated rings. The third-order valence-corrected chi connectivity index (χ3v) is 13.5. The van der Waals surface area contributed by atoms with E-state index in [9.17, 15) is 34.5 Å². The zero-order chi connectivity index (χ0) is 56.1. The summed E-state index contributed by atoms with van der Waals surface area (Å²) in [6.07, 6.45) is 55.4. The summed E-state index contributed by atoms with van der Waals surface area (Å²) in [7, 11) is 0. The molecule has 6 unspecified atom stereocenters. The first-order valence-corrected chi connectivity index (χ1v) is 30.6. The normalized spacial score (nSPS) is 18.6. The van der Waals surface area contributed by atoms with Crippen molar-refractivity contribution in [1.82, 2.24) is 0 Å². The summed E-state index contributed by atoms with van der Waals surface area (Å²) in [6, 6.07) is 0. The minimum absolute atomic E-state index is 0.0415. The van der Waals surface area contributed by atoms with E-state index in [1.54, 1.807) is 0 Å². The molecule has 0 aromatic heterocycles. The SMILES string of the molecule is CC/C=C\C/C=C\C/C=C\C/C=C\CCCCCCC(=O)OCC(COC1OC(C(=O)O)C(O)C(O)C1OC(=O)CCCCCCCC/C=C\C/C=C\C/C=C\CCCCC)OC(=O)CCCCCCCCCCCCC. The fourth-order valence-electron chi connectivity index (χ4n) is 8.78. The van der Waals surface area contributed by atoms with E-state index in [0.29, 0.717) is 19.3 Å². The van der Waals surface area contributed by atoms with Crippen LogP contribution >= 0.6 is 0 Å². The minimum atomic E-state index is -1.91. The number of carbonyl (C=O) groups is 4. The van der Waals surface area contributed by atoms with Crippen molar-refractivity contribution in [2.45, 2.75) is 289 Å². The Labute approximate surface area is 467 Å². The van der Waals surface area contributed by atoms with Crippen LogP contribution in [-0.2, 0) is 42.9 Å². The first-order chi connectivity index (χ1) is 37.6. The lowest BCUT2D eigenvalue weighted by Gasteiger charge is -2.40. The van der Waals surface area contributed by atoms with Crippen LogP contribution in [0, 0.1) is 0 Å². The molecule has 0 aromatic carbocycles. The second kappa shape index (κ2) is 52.6.